The number of hydrogen-bond donors (Lipinski definition) is 1. The zero-order valence-electron chi connectivity index (χ0n) is 15.4. The molecule has 1 heterocycles. The van der Waals surface area contributed by atoms with Gasteiger partial charge in [-0.15, -0.1) is 0 Å². The van der Waals surface area contributed by atoms with Crippen molar-refractivity contribution in [2.24, 2.45) is 0 Å². The van der Waals surface area contributed by atoms with Crippen molar-refractivity contribution in [1.82, 2.24) is 0 Å². The van der Waals surface area contributed by atoms with Crippen molar-refractivity contribution in [2.75, 3.05) is 25.1 Å². The van der Waals surface area contributed by atoms with Crippen LogP contribution in [0.1, 0.15) is 17.5 Å². The Morgan fingerprint density at radius 1 is 1.14 bits per heavy atom. The molecule has 0 aliphatic carbocycles. The van der Waals surface area contributed by atoms with E-state index in [-0.39, 0.29) is 5.69 Å². The molecule has 1 aliphatic heterocycles. The Morgan fingerprint density at radius 2 is 1.93 bits per heavy atom. The minimum Gasteiger partial charge on any atom is -0.490 e. The number of fused-ring (bicyclic) bond motifs is 1. The van der Waals surface area contributed by atoms with Gasteiger partial charge in [0.25, 0.3) is 5.91 Å². The highest BCUT2D eigenvalue weighted by Crippen LogP contribution is 2.30. The number of benzene rings is 2. The highest BCUT2D eigenvalue weighted by atomic mass is 19.1. The van der Waals surface area contributed by atoms with Crippen LogP contribution in [0.15, 0.2) is 42.5 Å². The third-order valence-electron chi connectivity index (χ3n) is 3.93. The summed E-state index contributed by atoms with van der Waals surface area (Å²) < 4.78 is 29.7. The summed E-state index contributed by atoms with van der Waals surface area (Å²) in [6.45, 7) is 2.39. The average Bonchev–Trinajstić information content (AvgIpc) is 2.92. The molecule has 0 unspecified atom stereocenters. The van der Waals surface area contributed by atoms with Crippen molar-refractivity contribution in [2.45, 2.75) is 13.3 Å². The Hall–Kier alpha value is -3.35. The number of aryl methyl sites for hydroxylation is 1. The Balaban J connectivity index is 1.51. The number of halogens is 1. The fraction of sp³-hybridized carbons (Fsp3) is 0.238. The summed E-state index contributed by atoms with van der Waals surface area (Å²) in [6, 6.07) is 9.74. The van der Waals surface area contributed by atoms with E-state index in [1.165, 1.54) is 18.2 Å². The third kappa shape index (κ3) is 5.33. The molecule has 1 amide bonds. The van der Waals surface area contributed by atoms with Gasteiger partial charge in [0.1, 0.15) is 5.82 Å². The lowest BCUT2D eigenvalue weighted by Crippen LogP contribution is -2.20. The summed E-state index contributed by atoms with van der Waals surface area (Å²) in [4.78, 5) is 23.6. The van der Waals surface area contributed by atoms with Gasteiger partial charge in [0.15, 0.2) is 18.1 Å². The van der Waals surface area contributed by atoms with Crippen molar-refractivity contribution in [1.29, 1.82) is 0 Å². The largest absolute Gasteiger partial charge is 0.490 e. The summed E-state index contributed by atoms with van der Waals surface area (Å²) >= 11 is 0. The molecule has 0 spiro atoms. The van der Waals surface area contributed by atoms with Gasteiger partial charge in [-0.25, -0.2) is 9.18 Å². The van der Waals surface area contributed by atoms with Gasteiger partial charge in [-0.05, 0) is 48.4 Å². The van der Waals surface area contributed by atoms with Crippen molar-refractivity contribution in [3.8, 4) is 11.5 Å². The summed E-state index contributed by atoms with van der Waals surface area (Å²) in [6.07, 6.45) is 3.56. The van der Waals surface area contributed by atoms with E-state index in [1.807, 2.05) is 0 Å². The normalized spacial score (nSPS) is 13.1. The number of esters is 1. The topological polar surface area (TPSA) is 73.9 Å². The fourth-order valence-electron chi connectivity index (χ4n) is 2.54. The molecule has 0 radical (unpaired) electrons. The second kappa shape index (κ2) is 9.03. The standard InChI is InChI=1S/C21H20FNO5/c1-14-3-6-17(16(22)11-14)23-20(24)13-28-21(25)8-5-15-4-7-18-19(12-15)27-10-2-9-26-18/h3-8,11-12H,2,9-10,13H2,1H3,(H,23,24)/b8-5+. The zero-order valence-corrected chi connectivity index (χ0v) is 15.4. The lowest BCUT2D eigenvalue weighted by molar-refractivity contribution is -0.142. The number of carbonyl (C=O) groups is 2. The molecule has 0 fully saturated rings. The number of ether oxygens (including phenoxy) is 3. The third-order valence-corrected chi connectivity index (χ3v) is 3.93. The van der Waals surface area contributed by atoms with Crippen molar-refractivity contribution in [3.63, 3.8) is 0 Å². The first kappa shape index (κ1) is 19.4. The van der Waals surface area contributed by atoms with E-state index in [2.05, 4.69) is 5.32 Å². The Kier molecular flexibility index (Phi) is 6.26. The molecule has 7 heteroatoms. The summed E-state index contributed by atoms with van der Waals surface area (Å²) in [7, 11) is 0. The Bertz CT molecular complexity index is 910. The van der Waals surface area contributed by atoms with Gasteiger partial charge in [0.2, 0.25) is 0 Å². The van der Waals surface area contributed by atoms with Crippen LogP contribution in [0.25, 0.3) is 6.08 Å². The molecule has 0 saturated carbocycles. The molecule has 0 bridgehead atoms. The second-order valence-electron chi connectivity index (χ2n) is 6.23. The predicted octanol–water partition coefficient (Wildman–Crippen LogP) is 3.49. The van der Waals surface area contributed by atoms with E-state index in [0.717, 1.165) is 17.5 Å². The molecule has 146 valence electrons. The molecule has 2 aromatic rings. The molecule has 3 rings (SSSR count). The van der Waals surface area contributed by atoms with Crippen LogP contribution in [0, 0.1) is 12.7 Å². The molecule has 0 atom stereocenters. The molecule has 28 heavy (non-hydrogen) atoms. The van der Waals surface area contributed by atoms with Crippen molar-refractivity contribution < 1.29 is 28.2 Å². The molecule has 6 nitrogen and oxygen atoms in total. The maximum Gasteiger partial charge on any atom is 0.331 e. The van der Waals surface area contributed by atoms with Crippen molar-refractivity contribution >= 4 is 23.6 Å². The number of carbonyl (C=O) groups excluding carboxylic acids is 2. The molecule has 0 aromatic heterocycles. The summed E-state index contributed by atoms with van der Waals surface area (Å²) in [5.41, 5.74) is 1.50. The quantitative estimate of drug-likeness (QED) is 0.630. The SMILES string of the molecule is Cc1ccc(NC(=O)COC(=O)/C=C/c2ccc3c(c2)OCCCO3)c(F)c1. The molecule has 0 saturated heterocycles. The van der Waals surface area contributed by atoms with E-state index in [4.69, 9.17) is 14.2 Å². The molecule has 1 aliphatic rings. The second-order valence-corrected chi connectivity index (χ2v) is 6.23. The average molecular weight is 385 g/mol. The predicted molar refractivity (Wildman–Crippen MR) is 102 cm³/mol. The van der Waals surface area contributed by atoms with Crippen LogP contribution in [-0.4, -0.2) is 31.7 Å². The van der Waals surface area contributed by atoms with Gasteiger partial charge in [-0.1, -0.05) is 12.1 Å². The lowest BCUT2D eigenvalue weighted by atomic mass is 10.2. The van der Waals surface area contributed by atoms with Gasteiger partial charge in [0, 0.05) is 12.5 Å². The minimum atomic E-state index is -0.688. The maximum atomic E-state index is 13.7. The van der Waals surface area contributed by atoms with Crippen molar-refractivity contribution in [3.05, 3.63) is 59.4 Å². The Morgan fingerprint density at radius 3 is 2.71 bits per heavy atom. The summed E-state index contributed by atoms with van der Waals surface area (Å²) in [5, 5.41) is 2.36. The van der Waals surface area contributed by atoms with Crippen LogP contribution in [0.4, 0.5) is 10.1 Å². The fourth-order valence-corrected chi connectivity index (χ4v) is 2.54. The van der Waals surface area contributed by atoms with Crippen LogP contribution < -0.4 is 14.8 Å². The maximum absolute atomic E-state index is 13.7. The van der Waals surface area contributed by atoms with E-state index in [0.29, 0.717) is 24.7 Å². The van der Waals surface area contributed by atoms with Crippen LogP contribution >= 0.6 is 0 Å². The highest BCUT2D eigenvalue weighted by Gasteiger charge is 2.11. The first-order valence-corrected chi connectivity index (χ1v) is 8.82. The number of nitrogens with one attached hydrogen (secondary N) is 1. The smallest absolute Gasteiger partial charge is 0.331 e. The number of hydrogen-bond acceptors (Lipinski definition) is 5. The van der Waals surface area contributed by atoms with Gasteiger partial charge in [-0.3, -0.25) is 4.79 Å². The highest BCUT2D eigenvalue weighted by molar-refractivity contribution is 5.94. The van der Waals surface area contributed by atoms with Gasteiger partial charge in [0.05, 0.1) is 18.9 Å². The van der Waals surface area contributed by atoms with Gasteiger partial charge >= 0.3 is 5.97 Å². The van der Waals surface area contributed by atoms with Gasteiger partial charge < -0.3 is 19.5 Å². The van der Waals surface area contributed by atoms with E-state index >= 15 is 0 Å². The minimum absolute atomic E-state index is 0.0365. The summed E-state index contributed by atoms with van der Waals surface area (Å²) in [5.74, 6) is -0.578. The lowest BCUT2D eigenvalue weighted by Gasteiger charge is -2.08. The van der Waals surface area contributed by atoms with Crippen LogP contribution in [0.3, 0.4) is 0 Å². The molecular weight excluding hydrogens is 365 g/mol. The number of rotatable bonds is 5. The van der Waals surface area contributed by atoms with E-state index in [1.54, 1.807) is 37.3 Å². The van der Waals surface area contributed by atoms with Crippen LogP contribution in [0.2, 0.25) is 0 Å². The zero-order chi connectivity index (χ0) is 19.9. The molecule has 2 aromatic carbocycles. The van der Waals surface area contributed by atoms with E-state index in [9.17, 15) is 14.0 Å². The van der Waals surface area contributed by atoms with Gasteiger partial charge in [-0.2, -0.15) is 0 Å². The molecule has 1 N–H and O–H groups in total. The molecular formula is C21H20FNO5. The first-order chi connectivity index (χ1) is 13.5. The first-order valence-electron chi connectivity index (χ1n) is 8.82. The number of amides is 1. The van der Waals surface area contributed by atoms with Crippen LogP contribution in [-0.2, 0) is 14.3 Å². The monoisotopic (exact) mass is 385 g/mol. The van der Waals surface area contributed by atoms with Crippen LogP contribution in [0.5, 0.6) is 11.5 Å². The number of anilines is 1. The Labute approximate surface area is 161 Å². The van der Waals surface area contributed by atoms with E-state index < -0.39 is 24.3 Å².